The molecule has 2 aromatic rings. The van der Waals surface area contributed by atoms with E-state index in [9.17, 15) is 13.5 Å². The van der Waals surface area contributed by atoms with Gasteiger partial charge in [0.2, 0.25) is 0 Å². The van der Waals surface area contributed by atoms with E-state index in [0.29, 0.717) is 17.0 Å². The van der Waals surface area contributed by atoms with Gasteiger partial charge in [-0.3, -0.25) is 19.5 Å². The van der Waals surface area contributed by atoms with Crippen LogP contribution >= 0.6 is 12.1 Å². The summed E-state index contributed by atoms with van der Waals surface area (Å²) in [5.41, 5.74) is 12.9. The molecule has 0 saturated heterocycles. The summed E-state index contributed by atoms with van der Waals surface area (Å²) in [6.07, 6.45) is 2.79. The molecular formula is C18H20FN7O5S. The van der Waals surface area contributed by atoms with E-state index < -0.39 is 25.0 Å². The van der Waals surface area contributed by atoms with Gasteiger partial charge in [0.05, 0.1) is 31.4 Å². The smallest absolute Gasteiger partial charge is 0.317 e. The lowest BCUT2D eigenvalue weighted by atomic mass is 10.2. The van der Waals surface area contributed by atoms with Gasteiger partial charge in [-0.1, -0.05) is 6.07 Å². The molecule has 14 heteroatoms. The first-order chi connectivity index (χ1) is 15.3. The van der Waals surface area contributed by atoms with Crippen LogP contribution in [0.1, 0.15) is 17.0 Å². The van der Waals surface area contributed by atoms with E-state index in [0.717, 1.165) is 0 Å². The Hall–Kier alpha value is -3.78. The number of pyridine rings is 2. The summed E-state index contributed by atoms with van der Waals surface area (Å²) in [4.78, 5) is 31.2. The summed E-state index contributed by atoms with van der Waals surface area (Å²) in [5.74, 6) is -2.13. The highest BCUT2D eigenvalue weighted by molar-refractivity contribution is 7.94. The van der Waals surface area contributed by atoms with Gasteiger partial charge in [0, 0.05) is 12.7 Å². The number of halogens is 1. The molecule has 0 unspecified atom stereocenters. The Bertz CT molecular complexity index is 970. The molecule has 0 radical (unpaired) electrons. The normalized spacial score (nSPS) is 12.1. The van der Waals surface area contributed by atoms with E-state index in [1.165, 1.54) is 29.4 Å². The average Bonchev–Trinajstić information content (AvgIpc) is 2.75. The Morgan fingerprint density at radius 1 is 1.00 bits per heavy atom. The Balaban J connectivity index is 2.04. The van der Waals surface area contributed by atoms with Crippen molar-refractivity contribution in [2.24, 2.45) is 21.7 Å². The SMILES string of the molecule is N/C(=N\N=C(/N)c1ccc(OCSF)cn1)c1ccc(CN(CC(=O)O)CC(=O)O)cn1. The Morgan fingerprint density at radius 3 is 2.00 bits per heavy atom. The van der Waals surface area contributed by atoms with Gasteiger partial charge in [0.25, 0.3) is 0 Å². The van der Waals surface area contributed by atoms with Crippen LogP contribution in [-0.4, -0.2) is 67.7 Å². The lowest BCUT2D eigenvalue weighted by Crippen LogP contribution is -2.34. The van der Waals surface area contributed by atoms with Crippen LogP contribution in [0, 0.1) is 0 Å². The van der Waals surface area contributed by atoms with Crippen LogP contribution in [-0.2, 0) is 16.1 Å². The van der Waals surface area contributed by atoms with Crippen molar-refractivity contribution in [3.05, 3.63) is 53.6 Å². The fraction of sp³-hybridized carbons (Fsp3) is 0.222. The number of nitrogens with two attached hydrogens (primary N) is 2. The minimum Gasteiger partial charge on any atom is -0.480 e. The predicted octanol–water partition coefficient (Wildman–Crippen LogP) is 0.428. The quantitative estimate of drug-likeness (QED) is 0.147. The molecule has 6 N–H and O–H groups in total. The molecule has 0 atom stereocenters. The summed E-state index contributed by atoms with van der Waals surface area (Å²) in [7, 11) is 0. The number of nitrogens with zero attached hydrogens (tertiary/aromatic N) is 5. The van der Waals surface area contributed by atoms with Gasteiger partial charge in [-0.15, -0.1) is 10.2 Å². The standard InChI is InChI=1S/C18H20FN7O5S/c19-32-10-31-12-2-4-14(23-6-12)18(21)25-24-17(20)13-3-1-11(5-22-13)7-26(8-15(27)28)9-16(29)30/h1-6H,7-10H2,(H2,20,24)(H2,21,25)(H,27,28)(H,29,30). The molecule has 32 heavy (non-hydrogen) atoms. The third-order valence-electron chi connectivity index (χ3n) is 3.75. The first kappa shape index (κ1) is 24.5. The fourth-order valence-corrected chi connectivity index (χ4v) is 2.58. The number of carbonyl (C=O) groups is 2. The van der Waals surface area contributed by atoms with Crippen molar-refractivity contribution >= 4 is 35.8 Å². The molecular weight excluding hydrogens is 445 g/mol. The molecule has 0 spiro atoms. The summed E-state index contributed by atoms with van der Waals surface area (Å²) in [5, 5.41) is 25.4. The number of amidine groups is 2. The molecule has 2 rings (SSSR count). The van der Waals surface area contributed by atoms with Gasteiger partial charge < -0.3 is 26.4 Å². The highest BCUT2D eigenvalue weighted by atomic mass is 32.2. The zero-order valence-electron chi connectivity index (χ0n) is 16.6. The number of rotatable bonds is 12. The minimum absolute atomic E-state index is 0.0195. The van der Waals surface area contributed by atoms with Crippen molar-refractivity contribution in [2.45, 2.75) is 6.54 Å². The zero-order chi connectivity index (χ0) is 23.5. The zero-order valence-corrected chi connectivity index (χ0v) is 17.4. The van der Waals surface area contributed by atoms with Crippen LogP contribution in [0.4, 0.5) is 3.89 Å². The predicted molar refractivity (Wildman–Crippen MR) is 115 cm³/mol. The third kappa shape index (κ3) is 8.16. The van der Waals surface area contributed by atoms with Gasteiger partial charge >= 0.3 is 11.9 Å². The fourth-order valence-electron chi connectivity index (χ4n) is 2.40. The number of hydrogen-bond acceptors (Lipinski definition) is 9. The van der Waals surface area contributed by atoms with Gasteiger partial charge in [-0.05, 0) is 23.8 Å². The largest absolute Gasteiger partial charge is 0.480 e. The van der Waals surface area contributed by atoms with Crippen LogP contribution in [0.2, 0.25) is 0 Å². The molecule has 0 aromatic carbocycles. The lowest BCUT2D eigenvalue weighted by molar-refractivity contribution is -0.142. The summed E-state index contributed by atoms with van der Waals surface area (Å²) < 4.78 is 17.1. The second kappa shape index (κ2) is 12.2. The third-order valence-corrected chi connectivity index (χ3v) is 3.95. The topological polar surface area (TPSA) is 190 Å². The maximum atomic E-state index is 12.0. The first-order valence-corrected chi connectivity index (χ1v) is 9.77. The van der Waals surface area contributed by atoms with Crippen molar-refractivity contribution < 1.29 is 28.4 Å². The van der Waals surface area contributed by atoms with Gasteiger partial charge in [-0.2, -0.15) is 3.89 Å². The second-order valence-electron chi connectivity index (χ2n) is 6.21. The van der Waals surface area contributed by atoms with E-state index in [4.69, 9.17) is 26.4 Å². The van der Waals surface area contributed by atoms with Crippen molar-refractivity contribution in [3.63, 3.8) is 0 Å². The summed E-state index contributed by atoms with van der Waals surface area (Å²) in [6.45, 7) is -0.785. The summed E-state index contributed by atoms with van der Waals surface area (Å²) >= 11 is 0.0387. The number of carboxylic acids is 2. The number of aliphatic carboxylic acids is 2. The van der Waals surface area contributed by atoms with Crippen LogP contribution in [0.25, 0.3) is 0 Å². The van der Waals surface area contributed by atoms with Crippen molar-refractivity contribution in [2.75, 3.05) is 19.0 Å². The maximum Gasteiger partial charge on any atom is 0.317 e. The van der Waals surface area contributed by atoms with Crippen LogP contribution in [0.3, 0.4) is 0 Å². The van der Waals surface area contributed by atoms with Gasteiger partial charge in [-0.25, -0.2) is 4.98 Å². The van der Waals surface area contributed by atoms with Crippen LogP contribution in [0.15, 0.2) is 46.9 Å². The van der Waals surface area contributed by atoms with E-state index >= 15 is 0 Å². The Morgan fingerprint density at radius 2 is 1.56 bits per heavy atom. The number of ether oxygens (including phenoxy) is 1. The van der Waals surface area contributed by atoms with Crippen molar-refractivity contribution in [1.82, 2.24) is 14.9 Å². The van der Waals surface area contributed by atoms with E-state index in [-0.39, 0.29) is 42.0 Å². The Kier molecular flexibility index (Phi) is 9.31. The molecule has 0 aliphatic rings. The number of hydrogen-bond donors (Lipinski definition) is 4. The molecule has 0 fully saturated rings. The highest BCUT2D eigenvalue weighted by Crippen LogP contribution is 2.12. The minimum atomic E-state index is -1.14. The lowest BCUT2D eigenvalue weighted by Gasteiger charge is -2.17. The van der Waals surface area contributed by atoms with Gasteiger partial charge in [0.1, 0.15) is 17.1 Å². The monoisotopic (exact) mass is 465 g/mol. The highest BCUT2D eigenvalue weighted by Gasteiger charge is 2.14. The van der Waals surface area contributed by atoms with Gasteiger partial charge in [0.15, 0.2) is 17.6 Å². The molecule has 0 amide bonds. The molecule has 0 saturated carbocycles. The molecule has 2 aromatic heterocycles. The maximum absolute atomic E-state index is 12.0. The van der Waals surface area contributed by atoms with E-state index in [1.54, 1.807) is 12.1 Å². The number of carboxylic acid groups (broad SMARTS) is 2. The van der Waals surface area contributed by atoms with Crippen LogP contribution < -0.4 is 16.2 Å². The second-order valence-corrected chi connectivity index (χ2v) is 6.66. The van der Waals surface area contributed by atoms with E-state index in [1.807, 2.05) is 0 Å². The molecule has 0 aliphatic heterocycles. The average molecular weight is 465 g/mol. The number of aromatic nitrogens is 2. The van der Waals surface area contributed by atoms with E-state index in [2.05, 4.69) is 20.2 Å². The molecule has 0 aliphatic carbocycles. The molecule has 2 heterocycles. The van der Waals surface area contributed by atoms with Crippen LogP contribution in [0.5, 0.6) is 5.75 Å². The molecule has 0 bridgehead atoms. The Labute approximate surface area is 186 Å². The summed E-state index contributed by atoms with van der Waals surface area (Å²) in [6, 6.07) is 6.22. The van der Waals surface area contributed by atoms with Crippen molar-refractivity contribution in [1.29, 1.82) is 0 Å². The first-order valence-electron chi connectivity index (χ1n) is 8.89. The molecule has 12 nitrogen and oxygen atoms in total. The molecule has 170 valence electrons. The van der Waals surface area contributed by atoms with Crippen molar-refractivity contribution in [3.8, 4) is 5.75 Å².